The summed E-state index contributed by atoms with van der Waals surface area (Å²) in [6, 6.07) is 26.1. The number of phenolic OH excluding ortho intramolecular Hbond substituents is 2. The third-order valence-corrected chi connectivity index (χ3v) is 4.24. The average molecular weight is 382 g/mol. The summed E-state index contributed by atoms with van der Waals surface area (Å²) >= 11 is 0. The maximum Gasteiger partial charge on any atom is 0.244 e. The van der Waals surface area contributed by atoms with E-state index in [1.807, 2.05) is 66.7 Å². The van der Waals surface area contributed by atoms with Gasteiger partial charge >= 0.3 is 0 Å². The van der Waals surface area contributed by atoms with E-state index in [1.165, 1.54) is 18.3 Å². The Morgan fingerprint density at radius 2 is 1.28 bits per heavy atom. The van der Waals surface area contributed by atoms with E-state index >= 15 is 0 Å². The summed E-state index contributed by atoms with van der Waals surface area (Å²) < 4.78 is 0. The molecule has 0 aliphatic rings. The van der Waals surface area contributed by atoms with E-state index in [2.05, 4.69) is 20.5 Å². The van der Waals surface area contributed by atoms with Crippen LogP contribution in [-0.4, -0.2) is 26.4 Å². The molecule has 0 saturated heterocycles. The molecule has 0 saturated carbocycles. The fourth-order valence-electron chi connectivity index (χ4n) is 2.80. The predicted octanol–water partition coefficient (Wildman–Crippen LogP) is 4.67. The van der Waals surface area contributed by atoms with Crippen LogP contribution in [-0.2, 0) is 0 Å². The minimum atomic E-state index is -0.206. The van der Waals surface area contributed by atoms with Gasteiger partial charge in [0.1, 0.15) is 0 Å². The molecule has 6 heteroatoms. The summed E-state index contributed by atoms with van der Waals surface area (Å²) in [4.78, 5) is 9.13. The average Bonchev–Trinajstić information content (AvgIpc) is 2.77. The smallest absolute Gasteiger partial charge is 0.244 e. The number of nitrogens with one attached hydrogen (secondary N) is 1. The molecule has 1 heterocycles. The van der Waals surface area contributed by atoms with Crippen LogP contribution in [0.3, 0.4) is 0 Å². The minimum absolute atomic E-state index is 0.179. The Labute approximate surface area is 167 Å². The highest BCUT2D eigenvalue weighted by atomic mass is 16.3. The van der Waals surface area contributed by atoms with E-state index in [9.17, 15) is 10.2 Å². The number of aromatic hydroxyl groups is 2. The van der Waals surface area contributed by atoms with Gasteiger partial charge in [-0.1, -0.05) is 60.7 Å². The van der Waals surface area contributed by atoms with Gasteiger partial charge in [0.15, 0.2) is 11.5 Å². The van der Waals surface area contributed by atoms with E-state index in [-0.39, 0.29) is 11.5 Å². The molecule has 29 heavy (non-hydrogen) atoms. The first-order valence-electron chi connectivity index (χ1n) is 9.00. The van der Waals surface area contributed by atoms with Crippen molar-refractivity contribution in [3.63, 3.8) is 0 Å². The Morgan fingerprint density at radius 3 is 1.83 bits per heavy atom. The van der Waals surface area contributed by atoms with Crippen LogP contribution in [0.4, 0.5) is 5.95 Å². The van der Waals surface area contributed by atoms with Gasteiger partial charge in [0.2, 0.25) is 5.95 Å². The lowest BCUT2D eigenvalue weighted by molar-refractivity contribution is 0.403. The number of hydrogen-bond donors (Lipinski definition) is 3. The number of nitrogens with zero attached hydrogens (tertiary/aromatic N) is 3. The van der Waals surface area contributed by atoms with E-state index in [1.54, 1.807) is 6.07 Å². The van der Waals surface area contributed by atoms with Crippen molar-refractivity contribution in [2.45, 2.75) is 0 Å². The minimum Gasteiger partial charge on any atom is -0.504 e. The summed E-state index contributed by atoms with van der Waals surface area (Å²) in [5, 5.41) is 23.1. The zero-order chi connectivity index (χ0) is 20.1. The highest BCUT2D eigenvalue weighted by Crippen LogP contribution is 2.26. The molecule has 0 spiro atoms. The van der Waals surface area contributed by atoms with Gasteiger partial charge in [-0.05, 0) is 29.8 Å². The normalized spacial score (nSPS) is 10.9. The molecule has 0 fully saturated rings. The van der Waals surface area contributed by atoms with Gasteiger partial charge in [0.05, 0.1) is 17.6 Å². The molecule has 6 nitrogen and oxygen atoms in total. The van der Waals surface area contributed by atoms with Crippen molar-refractivity contribution in [1.29, 1.82) is 0 Å². The molecule has 3 aromatic carbocycles. The molecule has 0 unspecified atom stereocenters. The summed E-state index contributed by atoms with van der Waals surface area (Å²) in [5.41, 5.74) is 6.97. The summed E-state index contributed by atoms with van der Waals surface area (Å²) in [7, 11) is 0. The van der Waals surface area contributed by atoms with Crippen LogP contribution < -0.4 is 5.43 Å². The third-order valence-electron chi connectivity index (χ3n) is 4.24. The van der Waals surface area contributed by atoms with Crippen LogP contribution in [0.5, 0.6) is 11.5 Å². The van der Waals surface area contributed by atoms with Gasteiger partial charge in [0, 0.05) is 11.1 Å². The van der Waals surface area contributed by atoms with Crippen LogP contribution >= 0.6 is 0 Å². The fraction of sp³-hybridized carbons (Fsp3) is 0. The Kier molecular flexibility index (Phi) is 5.16. The van der Waals surface area contributed by atoms with Crippen molar-refractivity contribution in [2.75, 3.05) is 5.43 Å². The largest absolute Gasteiger partial charge is 0.504 e. The molecule has 3 N–H and O–H groups in total. The maximum absolute atomic E-state index is 9.58. The van der Waals surface area contributed by atoms with Crippen molar-refractivity contribution in [1.82, 2.24) is 9.97 Å². The standard InChI is InChI=1S/C23H18N4O2/c28-21-12-11-16(13-22(21)29)15-24-27-23-25-19(17-7-3-1-4-8-17)14-20(26-23)18-9-5-2-6-10-18/h1-15,28-29H,(H,25,26,27)/b24-15-. The lowest BCUT2D eigenvalue weighted by Crippen LogP contribution is -2.00. The van der Waals surface area contributed by atoms with E-state index in [4.69, 9.17) is 0 Å². The number of rotatable bonds is 5. The summed E-state index contributed by atoms with van der Waals surface area (Å²) in [6.45, 7) is 0. The summed E-state index contributed by atoms with van der Waals surface area (Å²) in [6.07, 6.45) is 1.51. The van der Waals surface area contributed by atoms with Gasteiger partial charge in [-0.3, -0.25) is 0 Å². The first kappa shape index (κ1) is 18.2. The fourth-order valence-corrected chi connectivity index (χ4v) is 2.80. The Hall–Kier alpha value is -4.19. The quantitative estimate of drug-likeness (QED) is 0.265. The lowest BCUT2D eigenvalue weighted by Gasteiger charge is -2.08. The number of hydrogen-bond acceptors (Lipinski definition) is 6. The molecular weight excluding hydrogens is 364 g/mol. The highest BCUT2D eigenvalue weighted by molar-refractivity contribution is 5.81. The molecule has 4 rings (SSSR count). The van der Waals surface area contributed by atoms with Crippen molar-refractivity contribution in [2.24, 2.45) is 5.10 Å². The first-order chi connectivity index (χ1) is 14.2. The third kappa shape index (κ3) is 4.39. The van der Waals surface area contributed by atoms with Crippen molar-refractivity contribution < 1.29 is 10.2 Å². The van der Waals surface area contributed by atoms with Crippen LogP contribution in [0.25, 0.3) is 22.5 Å². The van der Waals surface area contributed by atoms with Crippen molar-refractivity contribution in [3.05, 3.63) is 90.5 Å². The zero-order valence-electron chi connectivity index (χ0n) is 15.4. The van der Waals surface area contributed by atoms with Gasteiger partial charge in [0.25, 0.3) is 0 Å². The Morgan fingerprint density at radius 1 is 0.690 bits per heavy atom. The second-order valence-corrected chi connectivity index (χ2v) is 6.31. The van der Waals surface area contributed by atoms with Gasteiger partial charge in [-0.25, -0.2) is 15.4 Å². The molecule has 0 atom stereocenters. The highest BCUT2D eigenvalue weighted by Gasteiger charge is 2.08. The number of anilines is 1. The number of aromatic nitrogens is 2. The topological polar surface area (TPSA) is 90.6 Å². The number of benzene rings is 3. The molecule has 0 aliphatic carbocycles. The second-order valence-electron chi connectivity index (χ2n) is 6.31. The van der Waals surface area contributed by atoms with E-state index < -0.39 is 0 Å². The lowest BCUT2D eigenvalue weighted by atomic mass is 10.1. The number of hydrazone groups is 1. The number of phenols is 2. The first-order valence-corrected chi connectivity index (χ1v) is 9.00. The second kappa shape index (κ2) is 8.22. The Balaban J connectivity index is 1.66. The van der Waals surface area contributed by atoms with Crippen LogP contribution in [0.2, 0.25) is 0 Å². The molecule has 0 aliphatic heterocycles. The van der Waals surface area contributed by atoms with Crippen molar-refractivity contribution in [3.8, 4) is 34.0 Å². The van der Waals surface area contributed by atoms with Gasteiger partial charge < -0.3 is 10.2 Å². The van der Waals surface area contributed by atoms with Crippen molar-refractivity contribution >= 4 is 12.2 Å². The summed E-state index contributed by atoms with van der Waals surface area (Å²) in [5.74, 6) is -0.0337. The molecule has 0 amide bonds. The van der Waals surface area contributed by atoms with Crippen LogP contribution in [0.15, 0.2) is 90.0 Å². The SMILES string of the molecule is Oc1ccc(/C=N\Nc2nc(-c3ccccc3)cc(-c3ccccc3)n2)cc1O. The molecule has 0 bridgehead atoms. The monoisotopic (exact) mass is 382 g/mol. The van der Waals surface area contributed by atoms with Crippen LogP contribution in [0, 0.1) is 0 Å². The van der Waals surface area contributed by atoms with Gasteiger partial charge in [-0.2, -0.15) is 5.10 Å². The maximum atomic E-state index is 9.58. The molecule has 142 valence electrons. The van der Waals surface area contributed by atoms with Crippen LogP contribution in [0.1, 0.15) is 5.56 Å². The molecular formula is C23H18N4O2. The molecule has 4 aromatic rings. The van der Waals surface area contributed by atoms with Gasteiger partial charge in [-0.15, -0.1) is 0 Å². The predicted molar refractivity (Wildman–Crippen MR) is 114 cm³/mol. The van der Waals surface area contributed by atoms with E-state index in [0.29, 0.717) is 11.5 Å². The Bertz CT molecular complexity index is 1090. The molecule has 0 radical (unpaired) electrons. The zero-order valence-corrected chi connectivity index (χ0v) is 15.4. The van der Waals surface area contributed by atoms with E-state index in [0.717, 1.165) is 22.5 Å². The molecule has 1 aromatic heterocycles.